The first-order valence-corrected chi connectivity index (χ1v) is 5.22. The number of nitrogens with zero attached hydrogens (tertiary/aromatic N) is 1. The maximum absolute atomic E-state index is 4.30. The van der Waals surface area contributed by atoms with Gasteiger partial charge in [-0.1, -0.05) is 19.1 Å². The summed E-state index contributed by atoms with van der Waals surface area (Å²) < 4.78 is 0. The van der Waals surface area contributed by atoms with E-state index in [1.54, 1.807) is 0 Å². The van der Waals surface area contributed by atoms with Gasteiger partial charge < -0.3 is 0 Å². The first kappa shape index (κ1) is 10.2. The van der Waals surface area contributed by atoms with Crippen LogP contribution in [-0.4, -0.2) is 12.8 Å². The highest BCUT2D eigenvalue weighted by Gasteiger charge is 2.06. The van der Waals surface area contributed by atoms with Crippen LogP contribution in [0.25, 0.3) is 0 Å². The van der Waals surface area contributed by atoms with E-state index in [0.717, 1.165) is 6.54 Å². The van der Waals surface area contributed by atoms with E-state index in [0.29, 0.717) is 0 Å². The Bertz CT molecular complexity index is 223. The van der Waals surface area contributed by atoms with Gasteiger partial charge in [0.15, 0.2) is 0 Å². The molecule has 0 aliphatic heterocycles. The van der Waals surface area contributed by atoms with Gasteiger partial charge in [0.2, 0.25) is 0 Å². The molecular weight excluding hydrogens is 158 g/mol. The van der Waals surface area contributed by atoms with Gasteiger partial charge in [-0.3, -0.25) is 4.99 Å². The summed E-state index contributed by atoms with van der Waals surface area (Å²) in [5, 5.41) is 0. The first-order chi connectivity index (χ1) is 6.38. The summed E-state index contributed by atoms with van der Waals surface area (Å²) >= 11 is 0. The summed E-state index contributed by atoms with van der Waals surface area (Å²) in [5.74, 6) is 0. The summed E-state index contributed by atoms with van der Waals surface area (Å²) in [7, 11) is 0. The fourth-order valence-corrected chi connectivity index (χ4v) is 1.71. The second kappa shape index (κ2) is 5.74. The Morgan fingerprint density at radius 2 is 1.92 bits per heavy atom. The molecule has 1 aliphatic carbocycles. The third kappa shape index (κ3) is 3.17. The normalized spacial score (nSPS) is 19.2. The molecular formula is C12H19N. The Morgan fingerprint density at radius 1 is 1.23 bits per heavy atom. The Kier molecular flexibility index (Phi) is 4.52. The summed E-state index contributed by atoms with van der Waals surface area (Å²) in [4.78, 5) is 4.30. The van der Waals surface area contributed by atoms with Gasteiger partial charge in [0.1, 0.15) is 0 Å². The summed E-state index contributed by atoms with van der Waals surface area (Å²) in [6.45, 7) is 6.82. The number of hydrogen-bond acceptors (Lipinski definition) is 1. The van der Waals surface area contributed by atoms with Crippen molar-refractivity contribution < 1.29 is 0 Å². The van der Waals surface area contributed by atoms with E-state index in [2.05, 4.69) is 18.5 Å². The monoisotopic (exact) mass is 177 g/mol. The molecule has 1 aliphatic rings. The van der Waals surface area contributed by atoms with Crippen LogP contribution in [0.1, 0.15) is 39.0 Å². The predicted molar refractivity (Wildman–Crippen MR) is 59.3 cm³/mol. The van der Waals surface area contributed by atoms with Crippen molar-refractivity contribution >= 4 is 6.21 Å². The van der Waals surface area contributed by atoms with Gasteiger partial charge in [-0.05, 0) is 43.8 Å². The molecule has 0 heterocycles. The molecule has 0 N–H and O–H groups in total. The number of hydrogen-bond donors (Lipinski definition) is 0. The number of aliphatic imine (C=N–C) groups is 1. The van der Waals surface area contributed by atoms with Crippen molar-refractivity contribution in [3.05, 3.63) is 23.8 Å². The zero-order chi connectivity index (χ0) is 9.52. The topological polar surface area (TPSA) is 12.4 Å². The molecule has 72 valence electrons. The lowest BCUT2D eigenvalue weighted by atomic mass is 10.0. The highest BCUT2D eigenvalue weighted by Crippen LogP contribution is 2.23. The molecule has 0 bridgehead atoms. The van der Waals surface area contributed by atoms with E-state index in [1.807, 2.05) is 12.3 Å². The fraction of sp³-hybridized carbons (Fsp3) is 0.583. The van der Waals surface area contributed by atoms with Gasteiger partial charge in [0, 0.05) is 12.8 Å². The average Bonchev–Trinajstić information content (AvgIpc) is 2.39. The fourth-order valence-electron chi connectivity index (χ4n) is 1.71. The molecule has 1 rings (SSSR count). The van der Waals surface area contributed by atoms with E-state index >= 15 is 0 Å². The third-order valence-electron chi connectivity index (χ3n) is 2.48. The minimum Gasteiger partial charge on any atom is -0.293 e. The zero-order valence-corrected chi connectivity index (χ0v) is 8.55. The van der Waals surface area contributed by atoms with Crippen molar-refractivity contribution in [2.45, 2.75) is 39.0 Å². The highest BCUT2D eigenvalue weighted by molar-refractivity contribution is 5.80. The van der Waals surface area contributed by atoms with Crippen molar-refractivity contribution in [1.29, 1.82) is 0 Å². The standard InChI is InChI=1S/C12H19N/c1-3-11-8-6-5-7-9-12(11)10-13-4-2/h3,10H,1,4-9H2,2H3/b13-10-. The van der Waals surface area contributed by atoms with Crippen LogP contribution in [0.2, 0.25) is 0 Å². The first-order valence-electron chi connectivity index (χ1n) is 5.22. The summed E-state index contributed by atoms with van der Waals surface area (Å²) in [6.07, 6.45) is 10.4. The van der Waals surface area contributed by atoms with Crippen LogP contribution in [0.4, 0.5) is 0 Å². The second-order valence-electron chi connectivity index (χ2n) is 3.44. The van der Waals surface area contributed by atoms with E-state index in [4.69, 9.17) is 0 Å². The molecule has 1 heteroatoms. The summed E-state index contributed by atoms with van der Waals surface area (Å²) in [5.41, 5.74) is 2.82. The Labute approximate surface area is 81.3 Å². The molecule has 0 aromatic heterocycles. The molecule has 0 atom stereocenters. The van der Waals surface area contributed by atoms with Gasteiger partial charge in [-0.2, -0.15) is 0 Å². The third-order valence-corrected chi connectivity index (χ3v) is 2.48. The SMILES string of the molecule is C=CC1=C(/C=N\CC)CCCCC1. The van der Waals surface area contributed by atoms with Gasteiger partial charge in [0.05, 0.1) is 0 Å². The quantitative estimate of drug-likeness (QED) is 0.585. The lowest BCUT2D eigenvalue weighted by molar-refractivity contribution is 0.711. The smallest absolute Gasteiger partial charge is 0.0361 e. The van der Waals surface area contributed by atoms with Crippen LogP contribution >= 0.6 is 0 Å². The number of rotatable bonds is 3. The molecule has 0 unspecified atom stereocenters. The molecule has 0 amide bonds. The maximum Gasteiger partial charge on any atom is 0.0361 e. The maximum atomic E-state index is 4.30. The highest BCUT2D eigenvalue weighted by atomic mass is 14.7. The Morgan fingerprint density at radius 3 is 2.54 bits per heavy atom. The van der Waals surface area contributed by atoms with E-state index in [1.165, 1.54) is 43.3 Å². The van der Waals surface area contributed by atoms with Gasteiger partial charge >= 0.3 is 0 Å². The van der Waals surface area contributed by atoms with E-state index in [-0.39, 0.29) is 0 Å². The second-order valence-corrected chi connectivity index (χ2v) is 3.44. The minimum absolute atomic E-state index is 0.883. The zero-order valence-electron chi connectivity index (χ0n) is 8.55. The number of allylic oxidation sites excluding steroid dienone is 3. The van der Waals surface area contributed by atoms with Crippen molar-refractivity contribution in [2.24, 2.45) is 4.99 Å². The van der Waals surface area contributed by atoms with Crippen LogP contribution in [-0.2, 0) is 0 Å². The molecule has 0 radical (unpaired) electrons. The van der Waals surface area contributed by atoms with Gasteiger partial charge in [0.25, 0.3) is 0 Å². The van der Waals surface area contributed by atoms with Crippen LogP contribution in [0.5, 0.6) is 0 Å². The van der Waals surface area contributed by atoms with Crippen LogP contribution < -0.4 is 0 Å². The van der Waals surface area contributed by atoms with Gasteiger partial charge in [-0.15, -0.1) is 0 Å². The Hall–Kier alpha value is -0.850. The van der Waals surface area contributed by atoms with Crippen molar-refractivity contribution in [3.8, 4) is 0 Å². The van der Waals surface area contributed by atoms with Crippen molar-refractivity contribution in [1.82, 2.24) is 0 Å². The van der Waals surface area contributed by atoms with Gasteiger partial charge in [-0.25, -0.2) is 0 Å². The van der Waals surface area contributed by atoms with E-state index in [9.17, 15) is 0 Å². The molecule has 13 heavy (non-hydrogen) atoms. The molecule has 1 nitrogen and oxygen atoms in total. The Balaban J connectivity index is 2.75. The van der Waals surface area contributed by atoms with E-state index < -0.39 is 0 Å². The lowest BCUT2D eigenvalue weighted by Gasteiger charge is -2.02. The van der Waals surface area contributed by atoms with Crippen LogP contribution in [0.3, 0.4) is 0 Å². The molecule has 0 spiro atoms. The molecule has 0 aromatic carbocycles. The lowest BCUT2D eigenvalue weighted by Crippen LogP contribution is -1.90. The molecule has 0 saturated heterocycles. The van der Waals surface area contributed by atoms with Crippen LogP contribution in [0.15, 0.2) is 28.8 Å². The largest absolute Gasteiger partial charge is 0.293 e. The van der Waals surface area contributed by atoms with Crippen molar-refractivity contribution in [3.63, 3.8) is 0 Å². The van der Waals surface area contributed by atoms with Crippen LogP contribution in [0, 0.1) is 0 Å². The van der Waals surface area contributed by atoms with Crippen molar-refractivity contribution in [2.75, 3.05) is 6.54 Å². The predicted octanol–water partition coefficient (Wildman–Crippen LogP) is 3.52. The minimum atomic E-state index is 0.883. The molecule has 0 fully saturated rings. The average molecular weight is 177 g/mol. The molecule has 0 saturated carbocycles. The molecule has 0 aromatic rings. The summed E-state index contributed by atoms with van der Waals surface area (Å²) in [6, 6.07) is 0.